The van der Waals surface area contributed by atoms with E-state index in [1.165, 1.54) is 88.7 Å². The second kappa shape index (κ2) is 10.8. The molecule has 5 heteroatoms. The van der Waals surface area contributed by atoms with E-state index in [9.17, 15) is 5.26 Å². The lowest BCUT2D eigenvalue weighted by molar-refractivity contribution is 0.213. The Labute approximate surface area is 228 Å². The molecule has 0 N–H and O–H groups in total. The molecule has 0 radical (unpaired) electrons. The van der Waals surface area contributed by atoms with E-state index in [4.69, 9.17) is 11.6 Å². The smallest absolute Gasteiger partial charge is 0.101 e. The van der Waals surface area contributed by atoms with E-state index in [1.807, 2.05) is 12.1 Å². The average molecular weight is 517 g/mol. The molecular weight excluding hydrogens is 476 g/mol. The maximum Gasteiger partial charge on any atom is 0.101 e. The first-order valence-electron chi connectivity index (χ1n) is 14.7. The molecule has 6 rings (SSSR count). The number of hydrogen-bond donors (Lipinski definition) is 0. The summed E-state index contributed by atoms with van der Waals surface area (Å²) >= 11 is 6.31. The molecule has 37 heavy (non-hydrogen) atoms. The van der Waals surface area contributed by atoms with E-state index >= 15 is 0 Å². The van der Waals surface area contributed by atoms with Crippen LogP contribution in [0.25, 0.3) is 0 Å². The van der Waals surface area contributed by atoms with E-state index in [-0.39, 0.29) is 0 Å². The van der Waals surface area contributed by atoms with Gasteiger partial charge in [0.25, 0.3) is 0 Å². The minimum Gasteiger partial charge on any atom is -0.372 e. The third-order valence-electron chi connectivity index (χ3n) is 10.1. The summed E-state index contributed by atoms with van der Waals surface area (Å²) < 4.78 is 0. The minimum absolute atomic E-state index is 0.402. The maximum atomic E-state index is 9.17. The topological polar surface area (TPSA) is 33.5 Å². The third kappa shape index (κ3) is 5.30. The molecule has 0 amide bonds. The van der Waals surface area contributed by atoms with Crippen molar-refractivity contribution in [3.05, 3.63) is 53.1 Å². The molecule has 3 aliphatic heterocycles. The number of nitriles is 1. The number of rotatable bonds is 4. The number of nitrogens with zero attached hydrogens (tertiary/aromatic N) is 4. The van der Waals surface area contributed by atoms with Crippen LogP contribution in [0.5, 0.6) is 0 Å². The summed E-state index contributed by atoms with van der Waals surface area (Å²) in [6.07, 6.45) is 13.9. The molecule has 4 nitrogen and oxygen atoms in total. The molecule has 3 heterocycles. The predicted octanol–water partition coefficient (Wildman–Crippen LogP) is 7.51. The second-order valence-electron chi connectivity index (χ2n) is 12.2. The van der Waals surface area contributed by atoms with Crippen molar-refractivity contribution in [2.75, 3.05) is 54.0 Å². The van der Waals surface area contributed by atoms with Crippen molar-refractivity contribution in [2.24, 2.45) is 17.3 Å². The molecule has 4 fully saturated rings. The first-order valence-corrected chi connectivity index (χ1v) is 15.0. The number of halogens is 1. The van der Waals surface area contributed by atoms with Gasteiger partial charge in [0.05, 0.1) is 10.6 Å². The van der Waals surface area contributed by atoms with Crippen molar-refractivity contribution in [3.63, 3.8) is 0 Å². The van der Waals surface area contributed by atoms with Crippen LogP contribution >= 0.6 is 11.6 Å². The van der Waals surface area contributed by atoms with E-state index in [1.54, 1.807) is 0 Å². The second-order valence-corrected chi connectivity index (χ2v) is 12.6. The van der Waals surface area contributed by atoms with Crippen molar-refractivity contribution >= 4 is 28.7 Å². The van der Waals surface area contributed by atoms with Gasteiger partial charge in [-0.05, 0) is 91.8 Å². The highest BCUT2D eigenvalue weighted by Crippen LogP contribution is 2.43. The molecular formula is C32H41ClN4. The van der Waals surface area contributed by atoms with Crippen LogP contribution < -0.4 is 14.7 Å². The Bertz CT molecular complexity index is 1100. The van der Waals surface area contributed by atoms with Crippen LogP contribution in [0.3, 0.4) is 0 Å². The summed E-state index contributed by atoms with van der Waals surface area (Å²) in [7, 11) is 0. The van der Waals surface area contributed by atoms with Crippen LogP contribution in [0.2, 0.25) is 5.02 Å². The Morgan fingerprint density at radius 1 is 0.676 bits per heavy atom. The normalized spacial score (nSPS) is 23.0. The van der Waals surface area contributed by atoms with Gasteiger partial charge in [0, 0.05) is 56.3 Å². The number of anilines is 3. The molecule has 196 valence electrons. The van der Waals surface area contributed by atoms with E-state index in [0.29, 0.717) is 16.0 Å². The first kappa shape index (κ1) is 24.9. The minimum atomic E-state index is 0.402. The Hall–Kier alpha value is -2.38. The monoisotopic (exact) mass is 516 g/mol. The van der Waals surface area contributed by atoms with Crippen LogP contribution in [-0.2, 0) is 0 Å². The molecule has 0 unspecified atom stereocenters. The van der Waals surface area contributed by atoms with Crippen LogP contribution in [0, 0.1) is 28.6 Å². The fourth-order valence-corrected chi connectivity index (χ4v) is 7.92. The molecule has 4 aliphatic rings. The van der Waals surface area contributed by atoms with Crippen molar-refractivity contribution < 1.29 is 0 Å². The van der Waals surface area contributed by atoms with Gasteiger partial charge in [-0.3, -0.25) is 0 Å². The zero-order valence-corrected chi connectivity index (χ0v) is 22.9. The molecule has 0 atom stereocenters. The number of hydrogen-bond acceptors (Lipinski definition) is 4. The van der Waals surface area contributed by atoms with E-state index in [0.717, 1.165) is 43.7 Å². The molecule has 1 spiro atoms. The number of piperidine rings is 2. The van der Waals surface area contributed by atoms with E-state index < -0.39 is 0 Å². The van der Waals surface area contributed by atoms with Crippen molar-refractivity contribution in [3.8, 4) is 6.07 Å². The Balaban J connectivity index is 1.01. The molecule has 1 aliphatic carbocycles. The van der Waals surface area contributed by atoms with Crippen LogP contribution in [0.15, 0.2) is 42.5 Å². The van der Waals surface area contributed by atoms with Crippen molar-refractivity contribution in [1.82, 2.24) is 0 Å². The highest BCUT2D eigenvalue weighted by atomic mass is 35.5. The SMILES string of the molecule is N#Cc1ccc(N2CCC3(CCN(c4ccc(N5CCC(C6CCCCC6)CC5)cc4)CC3)C2)cc1Cl. The van der Waals surface area contributed by atoms with Gasteiger partial charge in [0.15, 0.2) is 0 Å². The lowest BCUT2D eigenvalue weighted by Crippen LogP contribution is -2.41. The van der Waals surface area contributed by atoms with Gasteiger partial charge in [0.1, 0.15) is 6.07 Å². The predicted molar refractivity (Wildman–Crippen MR) is 155 cm³/mol. The third-order valence-corrected chi connectivity index (χ3v) is 10.4. The summed E-state index contributed by atoms with van der Waals surface area (Å²) in [6, 6.07) is 17.5. The quantitative estimate of drug-likeness (QED) is 0.421. The van der Waals surface area contributed by atoms with Crippen molar-refractivity contribution in [2.45, 2.75) is 64.2 Å². The fourth-order valence-electron chi connectivity index (χ4n) is 7.70. The Morgan fingerprint density at radius 3 is 1.81 bits per heavy atom. The van der Waals surface area contributed by atoms with Gasteiger partial charge in [-0.15, -0.1) is 0 Å². The molecule has 2 aromatic carbocycles. The zero-order valence-electron chi connectivity index (χ0n) is 22.2. The maximum absolute atomic E-state index is 9.17. The van der Waals surface area contributed by atoms with Gasteiger partial charge < -0.3 is 14.7 Å². The zero-order chi connectivity index (χ0) is 25.2. The van der Waals surface area contributed by atoms with Gasteiger partial charge in [0.2, 0.25) is 0 Å². The van der Waals surface area contributed by atoms with E-state index in [2.05, 4.69) is 51.1 Å². The largest absolute Gasteiger partial charge is 0.372 e. The van der Waals surface area contributed by atoms with Gasteiger partial charge >= 0.3 is 0 Å². The highest BCUT2D eigenvalue weighted by molar-refractivity contribution is 6.32. The van der Waals surface area contributed by atoms with Crippen LogP contribution in [0.1, 0.15) is 69.8 Å². The summed E-state index contributed by atoms with van der Waals surface area (Å²) in [5, 5.41) is 9.74. The van der Waals surface area contributed by atoms with Gasteiger partial charge in [-0.2, -0.15) is 5.26 Å². The average Bonchev–Trinajstić information content (AvgIpc) is 3.37. The fraction of sp³-hybridized carbons (Fsp3) is 0.594. The number of benzene rings is 2. The highest BCUT2D eigenvalue weighted by Gasteiger charge is 2.40. The Morgan fingerprint density at radius 2 is 1.22 bits per heavy atom. The molecule has 1 saturated carbocycles. The van der Waals surface area contributed by atoms with Gasteiger partial charge in [-0.25, -0.2) is 0 Å². The lowest BCUT2D eigenvalue weighted by atomic mass is 9.76. The summed E-state index contributed by atoms with van der Waals surface area (Å²) in [6.45, 7) is 6.90. The van der Waals surface area contributed by atoms with Crippen LogP contribution in [-0.4, -0.2) is 39.3 Å². The summed E-state index contributed by atoms with van der Waals surface area (Å²) in [5.74, 6) is 1.98. The Kier molecular flexibility index (Phi) is 7.26. The van der Waals surface area contributed by atoms with Crippen molar-refractivity contribution in [1.29, 1.82) is 5.26 Å². The molecule has 0 aromatic heterocycles. The summed E-state index contributed by atoms with van der Waals surface area (Å²) in [4.78, 5) is 7.68. The molecule has 3 saturated heterocycles. The molecule has 0 bridgehead atoms. The first-order chi connectivity index (χ1) is 18.1. The van der Waals surface area contributed by atoms with Crippen LogP contribution in [0.4, 0.5) is 17.1 Å². The molecule has 2 aromatic rings. The van der Waals surface area contributed by atoms with Gasteiger partial charge in [-0.1, -0.05) is 43.7 Å². The lowest BCUT2D eigenvalue weighted by Gasteiger charge is -2.41. The summed E-state index contributed by atoms with van der Waals surface area (Å²) in [5.41, 5.74) is 4.90. The standard InChI is InChI=1S/C32H41ClN4/c33-31-22-30(7-6-27(31)23-34)37-21-16-32(24-37)14-19-36(20-15-32)29-10-8-28(9-11-29)35-17-12-26(13-18-35)25-4-2-1-3-5-25/h6-11,22,25-26H,1-5,12-21,24H2.